The van der Waals surface area contributed by atoms with Crippen LogP contribution in [-0.2, 0) is 6.54 Å². The SMILES string of the molecule is CCCCCN(Cc1ccc(C(N)=S)c(OC)c1)C(C)C. The molecule has 0 radical (unpaired) electrons. The van der Waals surface area contributed by atoms with Crippen molar-refractivity contribution in [2.75, 3.05) is 13.7 Å². The van der Waals surface area contributed by atoms with Crippen LogP contribution in [-0.4, -0.2) is 29.6 Å². The van der Waals surface area contributed by atoms with Crippen LogP contribution in [0.15, 0.2) is 18.2 Å². The summed E-state index contributed by atoms with van der Waals surface area (Å²) in [5, 5.41) is 0. The van der Waals surface area contributed by atoms with Gasteiger partial charge in [-0.1, -0.05) is 38.0 Å². The molecule has 2 N–H and O–H groups in total. The molecule has 3 nitrogen and oxygen atoms in total. The molecule has 0 saturated carbocycles. The van der Waals surface area contributed by atoms with E-state index in [9.17, 15) is 0 Å². The van der Waals surface area contributed by atoms with Gasteiger partial charge in [0.2, 0.25) is 0 Å². The van der Waals surface area contributed by atoms with E-state index in [-0.39, 0.29) is 0 Å². The number of hydrogen-bond donors (Lipinski definition) is 1. The van der Waals surface area contributed by atoms with Gasteiger partial charge in [0.1, 0.15) is 10.7 Å². The summed E-state index contributed by atoms with van der Waals surface area (Å²) in [6.07, 6.45) is 3.78. The Labute approximate surface area is 134 Å². The van der Waals surface area contributed by atoms with Crippen LogP contribution in [0.25, 0.3) is 0 Å². The smallest absolute Gasteiger partial charge is 0.129 e. The highest BCUT2D eigenvalue weighted by molar-refractivity contribution is 7.80. The zero-order chi connectivity index (χ0) is 15.8. The number of ether oxygens (including phenoxy) is 1. The first-order chi connectivity index (χ1) is 9.99. The molecule has 118 valence electrons. The minimum atomic E-state index is 0.377. The van der Waals surface area contributed by atoms with Crippen molar-refractivity contribution in [3.8, 4) is 5.75 Å². The molecule has 0 heterocycles. The monoisotopic (exact) mass is 308 g/mol. The van der Waals surface area contributed by atoms with Crippen LogP contribution < -0.4 is 10.5 Å². The third-order valence-electron chi connectivity index (χ3n) is 3.70. The molecular formula is C17H28N2OS. The molecule has 0 aliphatic carbocycles. The van der Waals surface area contributed by atoms with E-state index in [0.717, 1.165) is 24.4 Å². The molecule has 0 aliphatic heterocycles. The van der Waals surface area contributed by atoms with Crippen LogP contribution in [0.1, 0.15) is 51.2 Å². The van der Waals surface area contributed by atoms with Gasteiger partial charge in [0.15, 0.2) is 0 Å². The number of hydrogen-bond acceptors (Lipinski definition) is 3. The molecule has 0 spiro atoms. The van der Waals surface area contributed by atoms with Crippen molar-refractivity contribution >= 4 is 17.2 Å². The first-order valence-electron chi connectivity index (χ1n) is 7.70. The van der Waals surface area contributed by atoms with Crippen molar-refractivity contribution in [1.29, 1.82) is 0 Å². The number of unbranched alkanes of at least 4 members (excludes halogenated alkanes) is 2. The fourth-order valence-electron chi connectivity index (χ4n) is 2.36. The summed E-state index contributed by atoms with van der Waals surface area (Å²) in [6.45, 7) is 8.78. The molecule has 21 heavy (non-hydrogen) atoms. The molecule has 1 rings (SSSR count). The number of benzene rings is 1. The van der Waals surface area contributed by atoms with E-state index in [1.54, 1.807) is 7.11 Å². The van der Waals surface area contributed by atoms with Gasteiger partial charge >= 0.3 is 0 Å². The number of nitrogens with two attached hydrogens (primary N) is 1. The molecule has 0 aliphatic rings. The van der Waals surface area contributed by atoms with Crippen molar-refractivity contribution in [3.05, 3.63) is 29.3 Å². The van der Waals surface area contributed by atoms with E-state index in [1.807, 2.05) is 12.1 Å². The Bertz CT molecular complexity index is 460. The Morgan fingerprint density at radius 1 is 1.33 bits per heavy atom. The van der Waals surface area contributed by atoms with Crippen molar-refractivity contribution in [3.63, 3.8) is 0 Å². The quantitative estimate of drug-likeness (QED) is 0.557. The summed E-state index contributed by atoms with van der Waals surface area (Å²) in [4.78, 5) is 2.87. The van der Waals surface area contributed by atoms with Crippen LogP contribution >= 0.6 is 12.2 Å². The standard InChI is InChI=1S/C17H28N2OS/c1-5-6-7-10-19(13(2)3)12-14-8-9-15(17(18)21)16(11-14)20-4/h8-9,11,13H,5-7,10,12H2,1-4H3,(H2,18,21). The largest absolute Gasteiger partial charge is 0.496 e. The first kappa shape index (κ1) is 17.9. The molecule has 0 saturated heterocycles. The lowest BCUT2D eigenvalue weighted by Crippen LogP contribution is -2.31. The average Bonchev–Trinajstić information content (AvgIpc) is 2.45. The van der Waals surface area contributed by atoms with E-state index >= 15 is 0 Å². The lowest BCUT2D eigenvalue weighted by atomic mass is 10.1. The van der Waals surface area contributed by atoms with E-state index in [1.165, 1.54) is 24.8 Å². The number of thiocarbonyl (C=S) groups is 1. The summed E-state index contributed by atoms with van der Waals surface area (Å²) in [5.74, 6) is 0.761. The van der Waals surface area contributed by atoms with Gasteiger partial charge in [0, 0.05) is 12.6 Å². The Kier molecular flexibility index (Phi) is 7.68. The maximum atomic E-state index is 5.71. The van der Waals surface area contributed by atoms with E-state index in [2.05, 4.69) is 31.7 Å². The maximum Gasteiger partial charge on any atom is 0.129 e. The van der Waals surface area contributed by atoms with Gasteiger partial charge in [-0.3, -0.25) is 4.90 Å². The minimum Gasteiger partial charge on any atom is -0.496 e. The van der Waals surface area contributed by atoms with Crippen molar-refractivity contribution < 1.29 is 4.74 Å². The second-order valence-electron chi connectivity index (χ2n) is 5.67. The van der Waals surface area contributed by atoms with Crippen molar-refractivity contribution in [1.82, 2.24) is 4.90 Å². The number of methoxy groups -OCH3 is 1. The number of rotatable bonds is 9. The fourth-order valence-corrected chi connectivity index (χ4v) is 2.53. The highest BCUT2D eigenvalue weighted by Gasteiger charge is 2.12. The second kappa shape index (κ2) is 9.00. The van der Waals surface area contributed by atoms with Gasteiger partial charge < -0.3 is 10.5 Å². The fraction of sp³-hybridized carbons (Fsp3) is 0.588. The van der Waals surface area contributed by atoms with Gasteiger partial charge in [-0.05, 0) is 44.5 Å². The van der Waals surface area contributed by atoms with Gasteiger partial charge in [-0.2, -0.15) is 0 Å². The van der Waals surface area contributed by atoms with Gasteiger partial charge in [-0.15, -0.1) is 0 Å². The van der Waals surface area contributed by atoms with Crippen molar-refractivity contribution in [2.45, 2.75) is 52.6 Å². The lowest BCUT2D eigenvalue weighted by Gasteiger charge is -2.27. The Hall–Kier alpha value is -1.13. The molecule has 0 unspecified atom stereocenters. The van der Waals surface area contributed by atoms with Crippen LogP contribution in [0.2, 0.25) is 0 Å². The van der Waals surface area contributed by atoms with E-state index < -0.39 is 0 Å². The predicted molar refractivity (Wildman–Crippen MR) is 94.0 cm³/mol. The molecule has 0 amide bonds. The summed E-state index contributed by atoms with van der Waals surface area (Å²) >= 11 is 5.05. The zero-order valence-corrected chi connectivity index (χ0v) is 14.5. The third-order valence-corrected chi connectivity index (χ3v) is 3.92. The second-order valence-corrected chi connectivity index (χ2v) is 6.11. The molecule has 0 bridgehead atoms. The summed E-state index contributed by atoms with van der Waals surface area (Å²) in [7, 11) is 1.66. The zero-order valence-electron chi connectivity index (χ0n) is 13.7. The Balaban J connectivity index is 2.81. The van der Waals surface area contributed by atoms with Crippen LogP contribution in [0.5, 0.6) is 5.75 Å². The predicted octanol–water partition coefficient (Wildman–Crippen LogP) is 3.73. The topological polar surface area (TPSA) is 38.5 Å². The van der Waals surface area contributed by atoms with Gasteiger partial charge in [0.05, 0.1) is 12.7 Å². The van der Waals surface area contributed by atoms with Crippen LogP contribution in [0, 0.1) is 0 Å². The van der Waals surface area contributed by atoms with Crippen LogP contribution in [0.3, 0.4) is 0 Å². The minimum absolute atomic E-state index is 0.377. The number of nitrogens with zero attached hydrogens (tertiary/aromatic N) is 1. The normalized spacial score (nSPS) is 11.1. The highest BCUT2D eigenvalue weighted by atomic mass is 32.1. The molecule has 0 atom stereocenters. The molecule has 0 aromatic heterocycles. The van der Waals surface area contributed by atoms with Gasteiger partial charge in [-0.25, -0.2) is 0 Å². The van der Waals surface area contributed by atoms with Crippen molar-refractivity contribution in [2.24, 2.45) is 5.73 Å². The first-order valence-corrected chi connectivity index (χ1v) is 8.11. The average molecular weight is 308 g/mol. The van der Waals surface area contributed by atoms with Gasteiger partial charge in [0.25, 0.3) is 0 Å². The lowest BCUT2D eigenvalue weighted by molar-refractivity contribution is 0.208. The molecule has 4 heteroatoms. The summed E-state index contributed by atoms with van der Waals surface area (Å²) in [5.41, 5.74) is 7.75. The van der Waals surface area contributed by atoms with E-state index in [0.29, 0.717) is 11.0 Å². The Morgan fingerprint density at radius 2 is 2.05 bits per heavy atom. The molecule has 1 aromatic carbocycles. The Morgan fingerprint density at radius 3 is 2.57 bits per heavy atom. The molecule has 1 aromatic rings. The summed E-state index contributed by atoms with van der Waals surface area (Å²) in [6, 6.07) is 6.62. The third kappa shape index (κ3) is 5.64. The van der Waals surface area contributed by atoms with E-state index in [4.69, 9.17) is 22.7 Å². The maximum absolute atomic E-state index is 5.71. The van der Waals surface area contributed by atoms with Crippen LogP contribution in [0.4, 0.5) is 0 Å². The molecular weight excluding hydrogens is 280 g/mol. The molecule has 0 fully saturated rings. The highest BCUT2D eigenvalue weighted by Crippen LogP contribution is 2.22. The summed E-state index contributed by atoms with van der Waals surface area (Å²) < 4.78 is 5.40.